The van der Waals surface area contributed by atoms with Crippen molar-refractivity contribution in [2.24, 2.45) is 5.73 Å². The van der Waals surface area contributed by atoms with E-state index in [-0.39, 0.29) is 36.8 Å². The van der Waals surface area contributed by atoms with Crippen LogP contribution in [0.25, 0.3) is 11.2 Å². The number of rotatable bonds is 7. The number of imidazole rings is 1. The number of nitrogens with zero attached hydrogens (tertiary/aromatic N) is 5. The van der Waals surface area contributed by atoms with E-state index in [4.69, 9.17) is 25.4 Å². The standard InChI is InChI=1S/C29H40N8O2.2ClH/c1-39-24-12-6-19(7-13-24)28(38)36-16-14-22(15-17-36)32-26-25-27(37(18-31-25)23-4-2-3-5-23)35-29(34-26)33-21-10-8-20(30)9-11-21;;/h6-7,12-13,18,20-23H,2-5,8-11,14-17,30H2,1H3,(H2,32,33,34,35);2*1H. The van der Waals surface area contributed by atoms with Gasteiger partial charge in [-0.05, 0) is 75.6 Å². The van der Waals surface area contributed by atoms with Crippen LogP contribution in [0.5, 0.6) is 5.75 Å². The van der Waals surface area contributed by atoms with Crippen molar-refractivity contribution in [2.45, 2.75) is 88.4 Å². The van der Waals surface area contributed by atoms with Gasteiger partial charge in [-0.15, -0.1) is 24.8 Å². The van der Waals surface area contributed by atoms with Crippen molar-refractivity contribution in [1.29, 1.82) is 0 Å². The SMILES string of the molecule is COc1ccc(C(=O)N2CCC(Nc3nc(NC4CCC(N)CC4)nc4c3ncn4C3CCCC3)CC2)cc1.Cl.Cl. The van der Waals surface area contributed by atoms with E-state index in [0.29, 0.717) is 42.7 Å². The number of hydrogen-bond acceptors (Lipinski definition) is 8. The lowest BCUT2D eigenvalue weighted by Crippen LogP contribution is -2.42. The number of nitrogens with two attached hydrogens (primary N) is 1. The molecule has 1 aliphatic heterocycles. The largest absolute Gasteiger partial charge is 0.497 e. The van der Waals surface area contributed by atoms with Gasteiger partial charge in [-0.2, -0.15) is 9.97 Å². The second-order valence-corrected chi connectivity index (χ2v) is 11.4. The molecule has 1 amide bonds. The Hall–Kier alpha value is -2.82. The quantitative estimate of drug-likeness (QED) is 0.336. The molecule has 0 atom stereocenters. The minimum Gasteiger partial charge on any atom is -0.497 e. The summed E-state index contributed by atoms with van der Waals surface area (Å²) in [7, 11) is 1.63. The zero-order chi connectivity index (χ0) is 26.8. The highest BCUT2D eigenvalue weighted by Crippen LogP contribution is 2.34. The molecule has 6 rings (SSSR count). The number of carbonyl (C=O) groups is 1. The van der Waals surface area contributed by atoms with Crippen LogP contribution in [0.2, 0.25) is 0 Å². The number of likely N-dealkylation sites (tertiary alicyclic amines) is 1. The number of aromatic nitrogens is 4. The third kappa shape index (κ3) is 6.98. The summed E-state index contributed by atoms with van der Waals surface area (Å²) in [5, 5.41) is 7.29. The van der Waals surface area contributed by atoms with Crippen molar-refractivity contribution in [1.82, 2.24) is 24.4 Å². The Morgan fingerprint density at radius 2 is 1.56 bits per heavy atom. The monoisotopic (exact) mass is 604 g/mol. The van der Waals surface area contributed by atoms with Gasteiger partial charge in [-0.3, -0.25) is 4.79 Å². The summed E-state index contributed by atoms with van der Waals surface area (Å²) < 4.78 is 7.48. The van der Waals surface area contributed by atoms with Gasteiger partial charge in [0.15, 0.2) is 17.0 Å². The fourth-order valence-electron chi connectivity index (χ4n) is 6.31. The Kier molecular flexibility index (Phi) is 10.5. The van der Waals surface area contributed by atoms with Crippen molar-refractivity contribution in [3.8, 4) is 5.75 Å². The number of ether oxygens (including phenoxy) is 1. The molecular formula is C29H42Cl2N8O2. The van der Waals surface area contributed by atoms with Crippen LogP contribution in [0, 0.1) is 0 Å². The molecule has 2 aromatic heterocycles. The van der Waals surface area contributed by atoms with E-state index >= 15 is 0 Å². The van der Waals surface area contributed by atoms with Gasteiger partial charge in [0.1, 0.15) is 5.75 Å². The maximum absolute atomic E-state index is 13.0. The number of piperidine rings is 1. The van der Waals surface area contributed by atoms with Crippen molar-refractivity contribution >= 4 is 53.7 Å². The molecule has 0 unspecified atom stereocenters. The Balaban J connectivity index is 0.00000194. The van der Waals surface area contributed by atoms with Crippen LogP contribution < -0.4 is 21.1 Å². The van der Waals surface area contributed by atoms with Crippen LogP contribution in [-0.4, -0.2) is 68.7 Å². The third-order valence-electron chi connectivity index (χ3n) is 8.70. The van der Waals surface area contributed by atoms with E-state index in [9.17, 15) is 4.79 Å². The number of methoxy groups -OCH3 is 1. The second kappa shape index (κ2) is 13.9. The molecule has 1 saturated heterocycles. The van der Waals surface area contributed by atoms with Gasteiger partial charge in [-0.1, -0.05) is 12.8 Å². The normalized spacial score (nSPS) is 21.7. The first-order valence-corrected chi connectivity index (χ1v) is 14.5. The maximum atomic E-state index is 13.0. The molecule has 224 valence electrons. The Bertz CT molecular complexity index is 1280. The molecule has 3 aliphatic rings. The maximum Gasteiger partial charge on any atom is 0.253 e. The smallest absolute Gasteiger partial charge is 0.253 e. The summed E-state index contributed by atoms with van der Waals surface area (Å²) in [6.07, 6.45) is 12.6. The minimum atomic E-state index is 0. The van der Waals surface area contributed by atoms with Crippen LogP contribution in [-0.2, 0) is 0 Å². The van der Waals surface area contributed by atoms with E-state index in [2.05, 4.69) is 15.2 Å². The number of amides is 1. The summed E-state index contributed by atoms with van der Waals surface area (Å²) in [6.45, 7) is 1.39. The Morgan fingerprint density at radius 1 is 0.902 bits per heavy atom. The number of anilines is 2. The molecule has 0 spiro atoms. The topological polar surface area (TPSA) is 123 Å². The second-order valence-electron chi connectivity index (χ2n) is 11.4. The van der Waals surface area contributed by atoms with E-state index in [1.165, 1.54) is 25.7 Å². The lowest BCUT2D eigenvalue weighted by Gasteiger charge is -2.33. The molecule has 1 aromatic carbocycles. The number of carbonyl (C=O) groups excluding carboxylic acids is 1. The number of halogens is 2. The highest BCUT2D eigenvalue weighted by atomic mass is 35.5. The fourth-order valence-corrected chi connectivity index (χ4v) is 6.31. The van der Waals surface area contributed by atoms with Crippen molar-refractivity contribution < 1.29 is 9.53 Å². The zero-order valence-electron chi connectivity index (χ0n) is 23.6. The molecular weight excluding hydrogens is 563 g/mol. The summed E-state index contributed by atoms with van der Waals surface area (Å²) in [5.74, 6) is 2.26. The summed E-state index contributed by atoms with van der Waals surface area (Å²) in [4.78, 5) is 29.7. The first-order valence-electron chi connectivity index (χ1n) is 14.5. The first kappa shape index (κ1) is 31.1. The molecule has 0 radical (unpaired) electrons. The molecule has 41 heavy (non-hydrogen) atoms. The van der Waals surface area contributed by atoms with E-state index in [1.807, 2.05) is 35.5 Å². The zero-order valence-corrected chi connectivity index (χ0v) is 25.3. The number of nitrogens with one attached hydrogen (secondary N) is 2. The average Bonchev–Trinajstić information content (AvgIpc) is 3.65. The summed E-state index contributed by atoms with van der Waals surface area (Å²) in [6, 6.07) is 8.63. The van der Waals surface area contributed by atoms with E-state index in [0.717, 1.165) is 61.3 Å². The number of fused-ring (bicyclic) bond motifs is 1. The first-order chi connectivity index (χ1) is 19.1. The van der Waals surface area contributed by atoms with Crippen molar-refractivity contribution in [2.75, 3.05) is 30.8 Å². The highest BCUT2D eigenvalue weighted by Gasteiger charge is 2.27. The van der Waals surface area contributed by atoms with E-state index in [1.54, 1.807) is 7.11 Å². The Labute approximate surface area is 254 Å². The molecule has 0 bridgehead atoms. The van der Waals surface area contributed by atoms with Crippen LogP contribution in [0.1, 0.15) is 80.6 Å². The van der Waals surface area contributed by atoms with Gasteiger partial charge in [-0.25, -0.2) is 4.98 Å². The molecule has 12 heteroatoms. The molecule has 10 nitrogen and oxygen atoms in total. The third-order valence-corrected chi connectivity index (χ3v) is 8.70. The van der Waals surface area contributed by atoms with Crippen LogP contribution >= 0.6 is 24.8 Å². The molecule has 3 fully saturated rings. The highest BCUT2D eigenvalue weighted by molar-refractivity contribution is 5.94. The van der Waals surface area contributed by atoms with Gasteiger partial charge < -0.3 is 30.6 Å². The van der Waals surface area contributed by atoms with Gasteiger partial charge in [0.25, 0.3) is 5.91 Å². The predicted molar refractivity (Wildman–Crippen MR) is 167 cm³/mol. The Morgan fingerprint density at radius 3 is 2.22 bits per heavy atom. The van der Waals surface area contributed by atoms with E-state index < -0.39 is 0 Å². The molecule has 2 saturated carbocycles. The summed E-state index contributed by atoms with van der Waals surface area (Å²) >= 11 is 0. The van der Waals surface area contributed by atoms with Gasteiger partial charge in [0, 0.05) is 42.8 Å². The lowest BCUT2D eigenvalue weighted by atomic mass is 9.92. The number of hydrogen-bond donors (Lipinski definition) is 3. The van der Waals surface area contributed by atoms with Gasteiger partial charge in [0.2, 0.25) is 5.95 Å². The lowest BCUT2D eigenvalue weighted by molar-refractivity contribution is 0.0718. The van der Waals surface area contributed by atoms with Crippen LogP contribution in [0.3, 0.4) is 0 Å². The van der Waals surface area contributed by atoms with Gasteiger partial charge >= 0.3 is 0 Å². The number of benzene rings is 1. The molecule has 3 aromatic rings. The average molecular weight is 606 g/mol. The molecule has 3 heterocycles. The minimum absolute atomic E-state index is 0. The van der Waals surface area contributed by atoms with Gasteiger partial charge in [0.05, 0.1) is 13.4 Å². The van der Waals surface area contributed by atoms with Crippen LogP contribution in [0.4, 0.5) is 11.8 Å². The summed E-state index contributed by atoms with van der Waals surface area (Å²) in [5.41, 5.74) is 8.56. The fraction of sp³-hybridized carbons (Fsp3) is 0.586. The predicted octanol–water partition coefficient (Wildman–Crippen LogP) is 5.19. The van der Waals surface area contributed by atoms with Crippen molar-refractivity contribution in [3.05, 3.63) is 36.2 Å². The molecule has 2 aliphatic carbocycles. The molecule has 4 N–H and O–H groups in total. The van der Waals surface area contributed by atoms with Crippen LogP contribution in [0.15, 0.2) is 30.6 Å². The van der Waals surface area contributed by atoms with Crippen molar-refractivity contribution in [3.63, 3.8) is 0 Å².